The second-order valence-corrected chi connectivity index (χ2v) is 5.76. The van der Waals surface area contributed by atoms with Crippen LogP contribution in [0.1, 0.15) is 36.0 Å². The average molecular weight is 296 g/mol. The van der Waals surface area contributed by atoms with E-state index < -0.39 is 0 Å². The largest absolute Gasteiger partial charge is 0.393 e. The summed E-state index contributed by atoms with van der Waals surface area (Å²) in [5.41, 5.74) is 0.673. The molecule has 2 N–H and O–H groups in total. The van der Waals surface area contributed by atoms with Crippen LogP contribution in [-0.2, 0) is 4.79 Å². The Balaban J connectivity index is 1.61. The topological polar surface area (TPSA) is 69.6 Å². The van der Waals surface area contributed by atoms with Crippen molar-refractivity contribution in [2.75, 3.05) is 19.6 Å². The molecule has 0 unspecified atom stereocenters. The van der Waals surface area contributed by atoms with Crippen LogP contribution >= 0.6 is 11.3 Å². The van der Waals surface area contributed by atoms with Gasteiger partial charge in [0.15, 0.2) is 0 Å². The van der Waals surface area contributed by atoms with Crippen LogP contribution in [-0.4, -0.2) is 47.6 Å². The summed E-state index contributed by atoms with van der Waals surface area (Å²) in [6.07, 6.45) is 2.17. The van der Waals surface area contributed by atoms with Gasteiger partial charge in [0.25, 0.3) is 5.91 Å². The van der Waals surface area contributed by atoms with E-state index in [4.69, 9.17) is 0 Å². The Morgan fingerprint density at radius 1 is 1.40 bits per heavy atom. The standard InChI is InChI=1S/C14H20N2O3S/c17-12-3-7-16(8-4-12)13(18)2-1-6-15-14(19)11-5-9-20-10-11/h5,9-10,12,17H,1-4,6-8H2,(H,15,19). The fraction of sp³-hybridized carbons (Fsp3) is 0.571. The summed E-state index contributed by atoms with van der Waals surface area (Å²) in [6.45, 7) is 1.79. The lowest BCUT2D eigenvalue weighted by Crippen LogP contribution is -2.40. The van der Waals surface area contributed by atoms with Gasteiger partial charge < -0.3 is 15.3 Å². The molecular weight excluding hydrogens is 276 g/mol. The minimum absolute atomic E-state index is 0.0835. The van der Waals surface area contributed by atoms with E-state index in [1.165, 1.54) is 11.3 Å². The predicted molar refractivity (Wildman–Crippen MR) is 77.7 cm³/mol. The van der Waals surface area contributed by atoms with Crippen molar-refractivity contribution in [3.63, 3.8) is 0 Å². The number of amides is 2. The normalized spacial score (nSPS) is 16.1. The molecule has 5 nitrogen and oxygen atoms in total. The van der Waals surface area contributed by atoms with Crippen LogP contribution in [0.4, 0.5) is 0 Å². The summed E-state index contributed by atoms with van der Waals surface area (Å²) in [7, 11) is 0. The maximum Gasteiger partial charge on any atom is 0.252 e. The van der Waals surface area contributed by atoms with Gasteiger partial charge in [-0.2, -0.15) is 11.3 Å². The Bertz CT molecular complexity index is 439. The van der Waals surface area contributed by atoms with Gasteiger partial charge in [-0.15, -0.1) is 0 Å². The minimum atomic E-state index is -0.260. The molecule has 1 saturated heterocycles. The monoisotopic (exact) mass is 296 g/mol. The number of nitrogens with zero attached hydrogens (tertiary/aromatic N) is 1. The number of likely N-dealkylation sites (tertiary alicyclic amines) is 1. The van der Waals surface area contributed by atoms with Crippen molar-refractivity contribution in [2.45, 2.75) is 31.8 Å². The lowest BCUT2D eigenvalue weighted by molar-refractivity contribution is -0.133. The van der Waals surface area contributed by atoms with Gasteiger partial charge in [-0.3, -0.25) is 9.59 Å². The average Bonchev–Trinajstić information content (AvgIpc) is 2.98. The molecule has 1 aliphatic heterocycles. The van der Waals surface area contributed by atoms with Crippen molar-refractivity contribution < 1.29 is 14.7 Å². The number of thiophene rings is 1. The minimum Gasteiger partial charge on any atom is -0.393 e. The Morgan fingerprint density at radius 2 is 2.15 bits per heavy atom. The number of hydrogen-bond acceptors (Lipinski definition) is 4. The second kappa shape index (κ2) is 7.40. The van der Waals surface area contributed by atoms with Crippen LogP contribution in [0.2, 0.25) is 0 Å². The zero-order chi connectivity index (χ0) is 14.4. The predicted octanol–water partition coefficient (Wildman–Crippen LogP) is 1.24. The lowest BCUT2D eigenvalue weighted by atomic mass is 10.1. The molecule has 6 heteroatoms. The van der Waals surface area contributed by atoms with E-state index in [1.54, 1.807) is 16.3 Å². The Morgan fingerprint density at radius 3 is 2.80 bits per heavy atom. The van der Waals surface area contributed by atoms with E-state index in [1.807, 2.05) is 5.38 Å². The summed E-state index contributed by atoms with van der Waals surface area (Å²) >= 11 is 1.49. The number of carbonyl (C=O) groups excluding carboxylic acids is 2. The first-order valence-corrected chi connectivity index (χ1v) is 7.87. The summed E-state index contributed by atoms with van der Waals surface area (Å²) in [5.74, 6) is 0.0291. The van der Waals surface area contributed by atoms with Gasteiger partial charge in [0.1, 0.15) is 0 Å². The Labute approximate surface area is 122 Å². The smallest absolute Gasteiger partial charge is 0.252 e. The third-order valence-corrected chi connectivity index (χ3v) is 4.14. The highest BCUT2D eigenvalue weighted by Crippen LogP contribution is 2.11. The van der Waals surface area contributed by atoms with Gasteiger partial charge in [-0.25, -0.2) is 0 Å². The summed E-state index contributed by atoms with van der Waals surface area (Å²) in [4.78, 5) is 25.4. The van der Waals surface area contributed by atoms with E-state index in [0.717, 1.165) is 0 Å². The molecule has 1 aliphatic rings. The Hall–Kier alpha value is -1.40. The number of aliphatic hydroxyl groups is 1. The summed E-state index contributed by atoms with van der Waals surface area (Å²) in [5, 5.41) is 15.9. The van der Waals surface area contributed by atoms with Gasteiger partial charge in [0.05, 0.1) is 6.10 Å². The van der Waals surface area contributed by atoms with E-state index in [-0.39, 0.29) is 17.9 Å². The number of piperidine rings is 1. The number of hydrogen-bond donors (Lipinski definition) is 2. The van der Waals surface area contributed by atoms with Crippen molar-refractivity contribution in [2.24, 2.45) is 0 Å². The molecule has 0 radical (unpaired) electrons. The van der Waals surface area contributed by atoms with E-state index in [2.05, 4.69) is 5.32 Å². The molecule has 1 aromatic rings. The van der Waals surface area contributed by atoms with Crippen molar-refractivity contribution in [3.05, 3.63) is 22.4 Å². The summed E-state index contributed by atoms with van der Waals surface area (Å²) in [6, 6.07) is 1.78. The molecule has 2 rings (SSSR count). The van der Waals surface area contributed by atoms with E-state index >= 15 is 0 Å². The second-order valence-electron chi connectivity index (χ2n) is 4.98. The zero-order valence-electron chi connectivity index (χ0n) is 11.4. The number of nitrogens with one attached hydrogen (secondary N) is 1. The molecule has 0 bridgehead atoms. The quantitative estimate of drug-likeness (QED) is 0.803. The van der Waals surface area contributed by atoms with Crippen molar-refractivity contribution in [1.29, 1.82) is 0 Å². The maximum atomic E-state index is 11.9. The molecule has 0 spiro atoms. The third-order valence-electron chi connectivity index (χ3n) is 3.45. The van der Waals surface area contributed by atoms with Gasteiger partial charge in [-0.05, 0) is 30.7 Å². The summed E-state index contributed by atoms with van der Waals surface area (Å²) < 4.78 is 0. The number of carbonyl (C=O) groups is 2. The van der Waals surface area contributed by atoms with Gasteiger partial charge >= 0.3 is 0 Å². The molecule has 110 valence electrons. The maximum absolute atomic E-state index is 11.9. The molecule has 2 heterocycles. The highest BCUT2D eigenvalue weighted by atomic mass is 32.1. The van der Waals surface area contributed by atoms with Crippen LogP contribution < -0.4 is 5.32 Å². The number of aliphatic hydroxyl groups excluding tert-OH is 1. The van der Waals surface area contributed by atoms with Gasteiger partial charge in [-0.1, -0.05) is 0 Å². The van der Waals surface area contributed by atoms with Crippen molar-refractivity contribution in [1.82, 2.24) is 10.2 Å². The molecule has 1 aromatic heterocycles. The van der Waals surface area contributed by atoms with E-state index in [0.29, 0.717) is 50.9 Å². The van der Waals surface area contributed by atoms with Crippen molar-refractivity contribution >= 4 is 23.2 Å². The third kappa shape index (κ3) is 4.31. The molecule has 0 atom stereocenters. The van der Waals surface area contributed by atoms with Crippen molar-refractivity contribution in [3.8, 4) is 0 Å². The number of rotatable bonds is 5. The molecule has 1 fully saturated rings. The van der Waals surface area contributed by atoms with Gasteiger partial charge in [0, 0.05) is 37.0 Å². The molecule has 0 aliphatic carbocycles. The Kier molecular flexibility index (Phi) is 5.55. The molecule has 0 aromatic carbocycles. The van der Waals surface area contributed by atoms with Crippen LogP contribution in [0.5, 0.6) is 0 Å². The molecule has 20 heavy (non-hydrogen) atoms. The first-order valence-electron chi connectivity index (χ1n) is 6.93. The van der Waals surface area contributed by atoms with Crippen LogP contribution in [0.15, 0.2) is 16.8 Å². The van der Waals surface area contributed by atoms with Gasteiger partial charge in [0.2, 0.25) is 5.91 Å². The highest BCUT2D eigenvalue weighted by molar-refractivity contribution is 7.08. The van der Waals surface area contributed by atoms with E-state index in [9.17, 15) is 14.7 Å². The fourth-order valence-electron chi connectivity index (χ4n) is 2.21. The molecular formula is C14H20N2O3S. The van der Waals surface area contributed by atoms with Crippen LogP contribution in [0.25, 0.3) is 0 Å². The molecule has 2 amide bonds. The SMILES string of the molecule is O=C(NCCCC(=O)N1CCC(O)CC1)c1ccsc1. The highest BCUT2D eigenvalue weighted by Gasteiger charge is 2.20. The van der Waals surface area contributed by atoms with Crippen LogP contribution in [0.3, 0.4) is 0 Å². The lowest BCUT2D eigenvalue weighted by Gasteiger charge is -2.29. The first kappa shape index (κ1) is 15.0. The zero-order valence-corrected chi connectivity index (χ0v) is 12.2. The molecule has 0 saturated carbocycles. The fourth-order valence-corrected chi connectivity index (χ4v) is 2.85. The van der Waals surface area contributed by atoms with Crippen LogP contribution in [0, 0.1) is 0 Å². The first-order chi connectivity index (χ1) is 9.66.